The van der Waals surface area contributed by atoms with Crippen LogP contribution in [0.3, 0.4) is 0 Å². The summed E-state index contributed by atoms with van der Waals surface area (Å²) in [6.07, 6.45) is -4.77. The lowest BCUT2D eigenvalue weighted by Crippen LogP contribution is -2.17. The molecular weight excluding hydrogens is 389 g/mol. The molecule has 3 rings (SSSR count). The van der Waals surface area contributed by atoms with Crippen molar-refractivity contribution in [3.8, 4) is 11.4 Å². The molecule has 0 radical (unpaired) electrons. The molecule has 0 atom stereocenters. The van der Waals surface area contributed by atoms with Gasteiger partial charge in [-0.05, 0) is 41.6 Å². The summed E-state index contributed by atoms with van der Waals surface area (Å²) < 4.78 is 46.6. The number of anilines is 1. The maximum atomic E-state index is 12.2. The van der Waals surface area contributed by atoms with Gasteiger partial charge in [-0.15, -0.1) is 18.3 Å². The molecule has 142 valence electrons. The first-order valence-corrected chi connectivity index (χ1v) is 8.29. The van der Waals surface area contributed by atoms with Gasteiger partial charge >= 0.3 is 6.36 Å². The highest BCUT2D eigenvalue weighted by atomic mass is 32.2. The topological polar surface area (TPSA) is 108 Å². The lowest BCUT2D eigenvalue weighted by Gasteiger charge is -2.09. The molecule has 0 saturated carbocycles. The van der Waals surface area contributed by atoms with Crippen molar-refractivity contribution in [3.05, 3.63) is 36.0 Å². The van der Waals surface area contributed by atoms with E-state index in [0.717, 1.165) is 23.9 Å². The Labute approximate surface area is 153 Å². The standard InChI is InChI=1S/C14H11F3N6O3S/c1-8-6-12(26-20-8)18-11(24)7-27-13-19-21-22-23(13)9-2-4-10(5-3-9)25-14(15,16)17/h2-6H,7H2,1H3,(H,18,24). The zero-order chi connectivity index (χ0) is 19.4. The fourth-order valence-corrected chi connectivity index (χ4v) is 2.64. The van der Waals surface area contributed by atoms with Crippen molar-refractivity contribution >= 4 is 23.6 Å². The normalized spacial score (nSPS) is 11.4. The summed E-state index contributed by atoms with van der Waals surface area (Å²) in [5.41, 5.74) is 1.03. The number of aryl methyl sites for hydroxylation is 1. The summed E-state index contributed by atoms with van der Waals surface area (Å²) in [7, 11) is 0. The summed E-state index contributed by atoms with van der Waals surface area (Å²) in [4.78, 5) is 11.9. The van der Waals surface area contributed by atoms with Gasteiger partial charge in [0.2, 0.25) is 16.9 Å². The van der Waals surface area contributed by atoms with E-state index in [0.29, 0.717) is 11.4 Å². The summed E-state index contributed by atoms with van der Waals surface area (Å²) >= 11 is 1.04. The highest BCUT2D eigenvalue weighted by Crippen LogP contribution is 2.25. The van der Waals surface area contributed by atoms with Crippen molar-refractivity contribution in [3.63, 3.8) is 0 Å². The maximum Gasteiger partial charge on any atom is 0.573 e. The molecule has 1 amide bonds. The molecule has 0 spiro atoms. The second-order valence-corrected chi connectivity index (χ2v) is 6.03. The van der Waals surface area contributed by atoms with Gasteiger partial charge in [-0.3, -0.25) is 10.1 Å². The number of alkyl halides is 3. The van der Waals surface area contributed by atoms with Crippen LogP contribution in [0.15, 0.2) is 40.0 Å². The average molecular weight is 400 g/mol. The third kappa shape index (κ3) is 5.20. The molecule has 0 fully saturated rings. The molecule has 2 heterocycles. The average Bonchev–Trinajstić information content (AvgIpc) is 3.21. The van der Waals surface area contributed by atoms with Crippen LogP contribution in [-0.2, 0) is 4.79 Å². The summed E-state index contributed by atoms with van der Waals surface area (Å²) in [6.45, 7) is 1.72. The number of carbonyl (C=O) groups excluding carboxylic acids is 1. The molecule has 1 N–H and O–H groups in total. The van der Waals surface area contributed by atoms with Crippen LogP contribution in [0.4, 0.5) is 19.1 Å². The van der Waals surface area contributed by atoms with E-state index >= 15 is 0 Å². The number of amides is 1. The number of ether oxygens (including phenoxy) is 1. The van der Waals surface area contributed by atoms with Gasteiger partial charge in [0.25, 0.3) is 0 Å². The third-order valence-electron chi connectivity index (χ3n) is 2.98. The number of rotatable bonds is 6. The Morgan fingerprint density at radius 1 is 1.33 bits per heavy atom. The minimum absolute atomic E-state index is 0.0185. The van der Waals surface area contributed by atoms with E-state index in [1.165, 1.54) is 16.8 Å². The smallest absolute Gasteiger partial charge is 0.406 e. The van der Waals surface area contributed by atoms with Gasteiger partial charge in [-0.1, -0.05) is 16.9 Å². The van der Waals surface area contributed by atoms with Gasteiger partial charge in [-0.25, -0.2) is 0 Å². The number of nitrogens with zero attached hydrogens (tertiary/aromatic N) is 5. The first kappa shape index (κ1) is 18.7. The quantitative estimate of drug-likeness (QED) is 0.629. The van der Waals surface area contributed by atoms with Gasteiger partial charge < -0.3 is 9.26 Å². The van der Waals surface area contributed by atoms with Crippen LogP contribution in [-0.4, -0.2) is 43.4 Å². The first-order chi connectivity index (χ1) is 12.8. The van der Waals surface area contributed by atoms with Gasteiger partial charge in [0.1, 0.15) is 5.75 Å². The molecule has 1 aromatic carbocycles. The fraction of sp³-hybridized carbons (Fsp3) is 0.214. The predicted molar refractivity (Wildman–Crippen MR) is 86.4 cm³/mol. The lowest BCUT2D eigenvalue weighted by molar-refractivity contribution is -0.274. The zero-order valence-corrected chi connectivity index (χ0v) is 14.4. The number of tetrazole rings is 1. The Morgan fingerprint density at radius 2 is 2.07 bits per heavy atom. The van der Waals surface area contributed by atoms with Crippen molar-refractivity contribution in [2.24, 2.45) is 0 Å². The molecule has 27 heavy (non-hydrogen) atoms. The van der Waals surface area contributed by atoms with Crippen molar-refractivity contribution in [2.75, 3.05) is 11.1 Å². The summed E-state index contributed by atoms with van der Waals surface area (Å²) in [6, 6.07) is 6.56. The van der Waals surface area contributed by atoms with Crippen molar-refractivity contribution in [2.45, 2.75) is 18.4 Å². The largest absolute Gasteiger partial charge is 0.573 e. The second kappa shape index (κ2) is 7.65. The van der Waals surface area contributed by atoms with E-state index in [2.05, 4.69) is 30.7 Å². The Bertz CT molecular complexity index is 925. The molecule has 3 aromatic rings. The van der Waals surface area contributed by atoms with E-state index in [1.54, 1.807) is 13.0 Å². The monoisotopic (exact) mass is 400 g/mol. The molecular formula is C14H11F3N6O3S. The molecule has 0 unspecified atom stereocenters. The molecule has 0 bridgehead atoms. The second-order valence-electron chi connectivity index (χ2n) is 5.08. The molecule has 9 nitrogen and oxygen atoms in total. The number of benzene rings is 1. The molecule has 0 aliphatic heterocycles. The van der Waals surface area contributed by atoms with E-state index in [-0.39, 0.29) is 28.5 Å². The van der Waals surface area contributed by atoms with Crippen LogP contribution in [0.2, 0.25) is 0 Å². The highest BCUT2D eigenvalue weighted by molar-refractivity contribution is 7.99. The van der Waals surface area contributed by atoms with Crippen molar-refractivity contribution in [1.82, 2.24) is 25.4 Å². The summed E-state index contributed by atoms with van der Waals surface area (Å²) in [5, 5.41) is 17.5. The fourth-order valence-electron chi connectivity index (χ4n) is 1.95. The number of thioether (sulfide) groups is 1. The van der Waals surface area contributed by atoms with E-state index in [1.807, 2.05) is 0 Å². The van der Waals surface area contributed by atoms with Crippen LogP contribution in [0.5, 0.6) is 5.75 Å². The number of hydrogen-bond acceptors (Lipinski definition) is 8. The minimum atomic E-state index is -4.77. The summed E-state index contributed by atoms with van der Waals surface area (Å²) in [5.74, 6) is -0.525. The number of aromatic nitrogens is 5. The highest BCUT2D eigenvalue weighted by Gasteiger charge is 2.31. The van der Waals surface area contributed by atoms with E-state index in [9.17, 15) is 18.0 Å². The van der Waals surface area contributed by atoms with Gasteiger partial charge in [0.15, 0.2) is 0 Å². The Morgan fingerprint density at radius 3 is 2.70 bits per heavy atom. The van der Waals surface area contributed by atoms with Crippen LogP contribution >= 0.6 is 11.8 Å². The molecule has 0 saturated heterocycles. The van der Waals surface area contributed by atoms with Crippen LogP contribution in [0, 0.1) is 6.92 Å². The molecule has 0 aliphatic carbocycles. The first-order valence-electron chi connectivity index (χ1n) is 7.31. The number of halogens is 3. The van der Waals surface area contributed by atoms with E-state index in [4.69, 9.17) is 4.52 Å². The molecule has 0 aliphatic rings. The molecule has 13 heteroatoms. The Hall–Kier alpha value is -3.09. The van der Waals surface area contributed by atoms with Crippen molar-refractivity contribution in [1.29, 1.82) is 0 Å². The van der Waals surface area contributed by atoms with Gasteiger partial charge in [-0.2, -0.15) is 4.68 Å². The Kier molecular flexibility index (Phi) is 5.30. The number of nitrogens with one attached hydrogen (secondary N) is 1. The number of carbonyl (C=O) groups is 1. The molecule has 2 aromatic heterocycles. The third-order valence-corrected chi connectivity index (χ3v) is 3.90. The van der Waals surface area contributed by atoms with Gasteiger partial charge in [0.05, 0.1) is 17.1 Å². The lowest BCUT2D eigenvalue weighted by atomic mass is 10.3. The predicted octanol–water partition coefficient (Wildman–Crippen LogP) is 2.59. The SMILES string of the molecule is Cc1cc(NC(=O)CSc2nnnn2-c2ccc(OC(F)(F)F)cc2)on1. The van der Waals surface area contributed by atoms with Crippen LogP contribution in [0.1, 0.15) is 5.69 Å². The Balaban J connectivity index is 1.62. The zero-order valence-electron chi connectivity index (χ0n) is 13.6. The van der Waals surface area contributed by atoms with Crippen LogP contribution in [0.25, 0.3) is 5.69 Å². The van der Waals surface area contributed by atoms with Crippen LogP contribution < -0.4 is 10.1 Å². The van der Waals surface area contributed by atoms with Crippen molar-refractivity contribution < 1.29 is 27.2 Å². The van der Waals surface area contributed by atoms with Gasteiger partial charge in [0, 0.05) is 6.07 Å². The van der Waals surface area contributed by atoms with E-state index < -0.39 is 6.36 Å². The minimum Gasteiger partial charge on any atom is -0.406 e. The number of hydrogen-bond donors (Lipinski definition) is 1. The maximum absolute atomic E-state index is 12.2.